The van der Waals surface area contributed by atoms with Crippen molar-refractivity contribution < 1.29 is 19.4 Å². The summed E-state index contributed by atoms with van der Waals surface area (Å²) in [6, 6.07) is 12.8. The lowest BCUT2D eigenvalue weighted by molar-refractivity contribution is -0.146. The van der Waals surface area contributed by atoms with Crippen molar-refractivity contribution in [1.82, 2.24) is 9.78 Å². The third kappa shape index (κ3) is 3.00. The van der Waals surface area contributed by atoms with Crippen LogP contribution >= 0.6 is 0 Å². The van der Waals surface area contributed by atoms with E-state index in [1.165, 1.54) is 4.68 Å². The normalized spacial score (nSPS) is 27.2. The molecule has 5 rings (SSSR count). The van der Waals surface area contributed by atoms with E-state index in [1.54, 1.807) is 18.0 Å². The maximum atomic E-state index is 13.7. The van der Waals surface area contributed by atoms with E-state index in [9.17, 15) is 19.5 Å². The molecular formula is C24H29N3O5Si. The van der Waals surface area contributed by atoms with Crippen LogP contribution in [0.2, 0.25) is 18.6 Å². The molecule has 1 saturated heterocycles. The Labute approximate surface area is 192 Å². The van der Waals surface area contributed by atoms with Crippen molar-refractivity contribution in [1.29, 1.82) is 0 Å². The molecule has 2 aromatic carbocycles. The zero-order chi connectivity index (χ0) is 23.7. The first-order valence-electron chi connectivity index (χ1n) is 11.2. The molecule has 1 spiro atoms. The highest BCUT2D eigenvalue weighted by molar-refractivity contribution is 6.71. The van der Waals surface area contributed by atoms with Crippen molar-refractivity contribution >= 4 is 30.8 Å². The van der Waals surface area contributed by atoms with Crippen LogP contribution in [0.15, 0.2) is 47.3 Å². The zero-order valence-electron chi connectivity index (χ0n) is 19.2. The monoisotopic (exact) mass is 467 g/mol. The number of nitrogens with zero attached hydrogens (tertiary/aromatic N) is 2. The van der Waals surface area contributed by atoms with E-state index in [1.807, 2.05) is 56.4 Å². The standard InChI is InChI=1S/C24H29N3O5Si/c1-14-21(33(3,4)31)20(11-12-28)32-24(14)17-13-15(9-10-19(17)26(2)23(24)30)27-22(29)16-7-5-6-8-18(16)25-27/h5-10,13-14,20-21,25,28,31H,11-12H2,1-4H3/t14-,20+,21-,24+/m0/s1. The number of fused-ring (bicyclic) bond motifs is 3. The fourth-order valence-corrected chi connectivity index (χ4v) is 8.55. The predicted octanol–water partition coefficient (Wildman–Crippen LogP) is 2.48. The number of nitrogens with one attached hydrogen (secondary N) is 1. The van der Waals surface area contributed by atoms with Gasteiger partial charge in [-0.3, -0.25) is 14.7 Å². The Morgan fingerprint density at radius 1 is 1.18 bits per heavy atom. The molecule has 33 heavy (non-hydrogen) atoms. The summed E-state index contributed by atoms with van der Waals surface area (Å²) in [5.74, 6) is -0.485. The van der Waals surface area contributed by atoms with Gasteiger partial charge in [0, 0.05) is 30.7 Å². The molecule has 1 amide bonds. The van der Waals surface area contributed by atoms with Gasteiger partial charge in [-0.25, -0.2) is 4.68 Å². The number of benzene rings is 2. The highest BCUT2D eigenvalue weighted by Gasteiger charge is 2.65. The molecule has 8 nitrogen and oxygen atoms in total. The first-order valence-corrected chi connectivity index (χ1v) is 14.3. The lowest BCUT2D eigenvalue weighted by atomic mass is 9.82. The summed E-state index contributed by atoms with van der Waals surface area (Å²) in [6.45, 7) is 5.57. The minimum atomic E-state index is -2.73. The van der Waals surface area contributed by atoms with Crippen molar-refractivity contribution in [3.8, 4) is 5.69 Å². The van der Waals surface area contributed by atoms with E-state index in [0.717, 1.165) is 11.2 Å². The zero-order valence-corrected chi connectivity index (χ0v) is 20.2. The third-order valence-electron chi connectivity index (χ3n) is 7.36. The van der Waals surface area contributed by atoms with Crippen LogP contribution in [0, 0.1) is 5.92 Å². The molecule has 1 aromatic heterocycles. The van der Waals surface area contributed by atoms with Crippen LogP contribution in [0.3, 0.4) is 0 Å². The molecule has 174 valence electrons. The van der Waals surface area contributed by atoms with Gasteiger partial charge in [0.2, 0.25) is 0 Å². The molecule has 0 bridgehead atoms. The van der Waals surface area contributed by atoms with Gasteiger partial charge < -0.3 is 19.5 Å². The van der Waals surface area contributed by atoms with Crippen LogP contribution in [-0.4, -0.2) is 53.7 Å². The fraction of sp³-hybridized carbons (Fsp3) is 0.417. The summed E-state index contributed by atoms with van der Waals surface area (Å²) in [5, 5.41) is 13.4. The number of aromatic amines is 1. The lowest BCUT2D eigenvalue weighted by Crippen LogP contribution is -2.45. The van der Waals surface area contributed by atoms with Gasteiger partial charge in [-0.1, -0.05) is 19.1 Å². The highest BCUT2D eigenvalue weighted by Crippen LogP contribution is 2.59. The Balaban J connectivity index is 1.69. The van der Waals surface area contributed by atoms with Gasteiger partial charge in [0.15, 0.2) is 13.9 Å². The number of ether oxygens (including phenoxy) is 1. The van der Waals surface area contributed by atoms with Gasteiger partial charge in [0.05, 0.1) is 28.4 Å². The lowest BCUT2D eigenvalue weighted by Gasteiger charge is -2.32. The Hall–Kier alpha value is -2.72. The number of rotatable bonds is 4. The minimum Gasteiger partial charge on any atom is -0.432 e. The molecule has 3 N–H and O–H groups in total. The van der Waals surface area contributed by atoms with Crippen molar-refractivity contribution in [2.24, 2.45) is 5.92 Å². The molecule has 4 atom stereocenters. The molecule has 2 aliphatic heterocycles. The number of para-hydroxylation sites is 1. The molecule has 2 aliphatic rings. The van der Waals surface area contributed by atoms with E-state index in [4.69, 9.17) is 4.74 Å². The SMILES string of the molecule is C[C@H]1[C@H]([Si](C)(C)O)[C@@H](CCO)O[C@]12C(=O)N(C)c1ccc(-n3[nH]c4ccccc4c3=O)cc12. The van der Waals surface area contributed by atoms with Crippen LogP contribution in [0.25, 0.3) is 16.6 Å². The Kier molecular flexibility index (Phi) is 4.95. The van der Waals surface area contributed by atoms with E-state index < -0.39 is 20.0 Å². The Morgan fingerprint density at radius 3 is 2.58 bits per heavy atom. The van der Waals surface area contributed by atoms with E-state index in [-0.39, 0.29) is 29.5 Å². The van der Waals surface area contributed by atoms with Gasteiger partial charge in [-0.15, -0.1) is 0 Å². The molecule has 0 aliphatic carbocycles. The Morgan fingerprint density at radius 2 is 1.91 bits per heavy atom. The summed E-state index contributed by atoms with van der Waals surface area (Å²) >= 11 is 0. The van der Waals surface area contributed by atoms with E-state index in [2.05, 4.69) is 5.10 Å². The number of aliphatic hydroxyl groups is 1. The summed E-state index contributed by atoms with van der Waals surface area (Å²) < 4.78 is 8.00. The largest absolute Gasteiger partial charge is 0.432 e. The fourth-order valence-electron chi connectivity index (χ4n) is 5.95. The number of aromatic nitrogens is 2. The number of carbonyl (C=O) groups excluding carboxylic acids is 1. The van der Waals surface area contributed by atoms with Gasteiger partial charge in [0.25, 0.3) is 11.5 Å². The molecule has 3 aromatic rings. The van der Waals surface area contributed by atoms with Gasteiger partial charge in [-0.2, -0.15) is 0 Å². The molecule has 0 radical (unpaired) electrons. The number of aliphatic hydroxyl groups excluding tert-OH is 1. The number of anilines is 1. The quantitative estimate of drug-likeness (QED) is 0.511. The first kappa shape index (κ1) is 22.1. The first-order chi connectivity index (χ1) is 15.6. The topological polar surface area (TPSA) is 108 Å². The number of amides is 1. The van der Waals surface area contributed by atoms with Gasteiger partial charge in [-0.05, 0) is 49.8 Å². The number of likely N-dealkylation sites (N-methyl/N-ethyl adjacent to an activating group) is 1. The van der Waals surface area contributed by atoms with Crippen LogP contribution in [0.5, 0.6) is 0 Å². The number of carbonyl (C=O) groups is 1. The third-order valence-corrected chi connectivity index (χ3v) is 9.87. The molecule has 0 unspecified atom stereocenters. The maximum Gasteiger partial charge on any atom is 0.279 e. The smallest absolute Gasteiger partial charge is 0.279 e. The Bertz CT molecular complexity index is 1310. The molecule has 1 fully saturated rings. The molecular weight excluding hydrogens is 438 g/mol. The summed E-state index contributed by atoms with van der Waals surface area (Å²) in [5.41, 5.74) is 1.08. The van der Waals surface area contributed by atoms with Crippen molar-refractivity contribution in [3.05, 3.63) is 58.4 Å². The number of hydrogen-bond acceptors (Lipinski definition) is 5. The average Bonchev–Trinajstić information content (AvgIpc) is 3.34. The molecule has 0 saturated carbocycles. The summed E-state index contributed by atoms with van der Waals surface area (Å²) in [6.07, 6.45) is -0.0826. The predicted molar refractivity (Wildman–Crippen MR) is 128 cm³/mol. The number of hydrogen-bond donors (Lipinski definition) is 3. The second-order valence-corrected chi connectivity index (χ2v) is 13.7. The van der Waals surface area contributed by atoms with E-state index in [0.29, 0.717) is 23.1 Å². The van der Waals surface area contributed by atoms with Crippen LogP contribution in [0.1, 0.15) is 18.9 Å². The minimum absolute atomic E-state index is 0.0875. The maximum absolute atomic E-state index is 13.7. The van der Waals surface area contributed by atoms with Gasteiger partial charge in [0.1, 0.15) is 0 Å². The van der Waals surface area contributed by atoms with Gasteiger partial charge >= 0.3 is 0 Å². The number of H-pyrrole nitrogens is 1. The van der Waals surface area contributed by atoms with Crippen molar-refractivity contribution in [3.63, 3.8) is 0 Å². The second kappa shape index (κ2) is 7.39. The van der Waals surface area contributed by atoms with Crippen molar-refractivity contribution in [2.45, 2.75) is 43.7 Å². The van der Waals surface area contributed by atoms with E-state index >= 15 is 0 Å². The van der Waals surface area contributed by atoms with Crippen LogP contribution < -0.4 is 10.5 Å². The van der Waals surface area contributed by atoms with Crippen LogP contribution in [-0.2, 0) is 15.1 Å². The second-order valence-electron chi connectivity index (χ2n) is 9.74. The summed E-state index contributed by atoms with van der Waals surface area (Å²) in [7, 11) is -1.01. The average molecular weight is 468 g/mol. The van der Waals surface area contributed by atoms with Crippen molar-refractivity contribution in [2.75, 3.05) is 18.6 Å². The molecule has 9 heteroatoms. The molecule has 3 heterocycles. The van der Waals surface area contributed by atoms with Crippen LogP contribution in [0.4, 0.5) is 5.69 Å². The highest BCUT2D eigenvalue weighted by atomic mass is 28.4. The summed E-state index contributed by atoms with van der Waals surface area (Å²) in [4.78, 5) is 39.4.